The molecule has 1 aromatic heterocycles. The minimum absolute atomic E-state index is 0.125. The van der Waals surface area contributed by atoms with Crippen molar-refractivity contribution in [3.05, 3.63) is 39.8 Å². The molecule has 3 rings (SSSR count). The summed E-state index contributed by atoms with van der Waals surface area (Å²) < 4.78 is 11.3. The van der Waals surface area contributed by atoms with Crippen molar-refractivity contribution in [2.45, 2.75) is 13.0 Å². The normalized spacial score (nSPS) is 16.5. The van der Waals surface area contributed by atoms with Crippen LogP contribution in [0.5, 0.6) is 11.5 Å². The number of carbonyl (C=O) groups is 2. The fraction of sp³-hybridized carbons (Fsp3) is 0.214. The predicted molar refractivity (Wildman–Crippen MR) is 74.4 cm³/mol. The van der Waals surface area contributed by atoms with Gasteiger partial charge in [-0.15, -0.1) is 11.3 Å². The molecule has 1 aromatic carbocycles. The van der Waals surface area contributed by atoms with E-state index in [9.17, 15) is 9.59 Å². The Bertz CT molecular complexity index is 692. The molecule has 7 heteroatoms. The van der Waals surface area contributed by atoms with E-state index in [1.165, 1.54) is 6.92 Å². The Morgan fingerprint density at radius 2 is 2.05 bits per heavy atom. The van der Waals surface area contributed by atoms with Gasteiger partial charge in [0.05, 0.1) is 0 Å². The molecule has 108 valence electrons. The first-order chi connectivity index (χ1) is 10.1. The number of hydrogen-bond acceptors (Lipinski definition) is 6. The maximum Gasteiger partial charge on any atom is 0.356 e. The van der Waals surface area contributed by atoms with E-state index < -0.39 is 12.1 Å². The van der Waals surface area contributed by atoms with Gasteiger partial charge >= 0.3 is 5.97 Å². The van der Waals surface area contributed by atoms with E-state index in [1.54, 1.807) is 12.1 Å². The van der Waals surface area contributed by atoms with Gasteiger partial charge in [-0.2, -0.15) is 0 Å². The zero-order valence-electron chi connectivity index (χ0n) is 11.0. The first-order valence-corrected chi connectivity index (χ1v) is 7.01. The van der Waals surface area contributed by atoms with E-state index in [2.05, 4.69) is 4.98 Å². The largest absolute Gasteiger partial charge is 0.485 e. The summed E-state index contributed by atoms with van der Waals surface area (Å²) in [5.41, 5.74) is -0.232. The Hall–Kier alpha value is -2.41. The molecule has 1 aliphatic heterocycles. The molecule has 0 saturated heterocycles. The zero-order chi connectivity index (χ0) is 15.0. The molecule has 0 amide bonds. The molecule has 1 unspecified atom stereocenters. The van der Waals surface area contributed by atoms with Crippen LogP contribution in [0.4, 0.5) is 0 Å². The van der Waals surface area contributed by atoms with Gasteiger partial charge in [-0.25, -0.2) is 9.78 Å². The summed E-state index contributed by atoms with van der Waals surface area (Å²) in [4.78, 5) is 26.8. The second-order valence-electron chi connectivity index (χ2n) is 4.46. The van der Waals surface area contributed by atoms with Gasteiger partial charge in [-0.1, -0.05) is 12.1 Å². The average Bonchev–Trinajstić information content (AvgIpc) is 2.92. The highest BCUT2D eigenvalue weighted by molar-refractivity contribution is 7.14. The van der Waals surface area contributed by atoms with Crippen LogP contribution >= 0.6 is 11.3 Å². The van der Waals surface area contributed by atoms with Gasteiger partial charge in [-0.05, 0) is 12.1 Å². The van der Waals surface area contributed by atoms with Gasteiger partial charge in [0.2, 0.25) is 0 Å². The van der Waals surface area contributed by atoms with Crippen molar-refractivity contribution in [1.29, 1.82) is 0 Å². The number of aromatic carboxylic acids is 1. The van der Waals surface area contributed by atoms with Crippen molar-refractivity contribution in [1.82, 2.24) is 4.98 Å². The molecule has 0 spiro atoms. The molecular weight excluding hydrogens is 294 g/mol. The number of ketones is 1. The highest BCUT2D eigenvalue weighted by Gasteiger charge is 2.29. The van der Waals surface area contributed by atoms with Gasteiger partial charge in [0, 0.05) is 6.92 Å². The number of carbonyl (C=O) groups excluding carboxylic acids is 1. The smallest absolute Gasteiger partial charge is 0.356 e. The number of nitrogens with zero attached hydrogens (tertiary/aromatic N) is 1. The molecule has 1 atom stereocenters. The molecule has 1 N–H and O–H groups in total. The lowest BCUT2D eigenvalue weighted by molar-refractivity contribution is 0.0683. The van der Waals surface area contributed by atoms with Gasteiger partial charge < -0.3 is 14.6 Å². The second-order valence-corrected chi connectivity index (χ2v) is 5.49. The summed E-state index contributed by atoms with van der Waals surface area (Å²) in [5.74, 6) is -0.339. The maximum atomic E-state index is 11.5. The summed E-state index contributed by atoms with van der Waals surface area (Å²) in [5, 5.41) is 9.53. The van der Waals surface area contributed by atoms with Gasteiger partial charge in [-0.3, -0.25) is 4.79 Å². The number of para-hydroxylation sites is 2. The van der Waals surface area contributed by atoms with Gasteiger partial charge in [0.25, 0.3) is 0 Å². The number of benzene rings is 1. The van der Waals surface area contributed by atoms with Crippen LogP contribution in [0.15, 0.2) is 24.3 Å². The van der Waals surface area contributed by atoms with E-state index >= 15 is 0 Å². The highest BCUT2D eigenvalue weighted by atomic mass is 32.1. The summed E-state index contributed by atoms with van der Waals surface area (Å²) in [7, 11) is 0. The number of aromatic nitrogens is 1. The summed E-state index contributed by atoms with van der Waals surface area (Å²) in [6.45, 7) is 1.54. The Labute approximate surface area is 124 Å². The van der Waals surface area contributed by atoms with Crippen molar-refractivity contribution >= 4 is 23.1 Å². The van der Waals surface area contributed by atoms with Gasteiger partial charge in [0.1, 0.15) is 16.5 Å². The van der Waals surface area contributed by atoms with Crippen LogP contribution < -0.4 is 9.47 Å². The second kappa shape index (κ2) is 5.17. The van der Waals surface area contributed by atoms with Crippen LogP contribution in [0.2, 0.25) is 0 Å². The van der Waals surface area contributed by atoms with E-state index in [4.69, 9.17) is 14.6 Å². The molecule has 2 aromatic rings. The third-order valence-corrected chi connectivity index (χ3v) is 4.20. The molecule has 1 aliphatic rings. The maximum absolute atomic E-state index is 11.5. The lowest BCUT2D eigenvalue weighted by Gasteiger charge is -2.24. The molecule has 0 radical (unpaired) electrons. The number of carboxylic acids is 1. The first kappa shape index (κ1) is 13.6. The average molecular weight is 305 g/mol. The molecule has 2 heterocycles. The molecule has 0 saturated carbocycles. The highest BCUT2D eigenvalue weighted by Crippen LogP contribution is 2.37. The molecule has 0 aliphatic carbocycles. The lowest BCUT2D eigenvalue weighted by atomic mass is 10.2. The Kier molecular flexibility index (Phi) is 3.34. The topological polar surface area (TPSA) is 85.7 Å². The molecule has 21 heavy (non-hydrogen) atoms. The van der Waals surface area contributed by atoms with Crippen LogP contribution in [-0.2, 0) is 0 Å². The number of fused-ring (bicyclic) bond motifs is 1. The van der Waals surface area contributed by atoms with Crippen LogP contribution in [-0.4, -0.2) is 28.4 Å². The van der Waals surface area contributed by atoms with Crippen LogP contribution in [0, 0.1) is 0 Å². The SMILES string of the molecule is CC(=O)c1sc(C2COc3ccccc3O2)nc1C(=O)O. The van der Waals surface area contributed by atoms with Crippen molar-refractivity contribution < 1.29 is 24.2 Å². The van der Waals surface area contributed by atoms with Crippen LogP contribution in [0.25, 0.3) is 0 Å². The van der Waals surface area contributed by atoms with Crippen molar-refractivity contribution in [2.75, 3.05) is 6.61 Å². The minimum Gasteiger partial charge on any atom is -0.485 e. The summed E-state index contributed by atoms with van der Waals surface area (Å²) in [6.07, 6.45) is -0.518. The minimum atomic E-state index is -1.22. The fourth-order valence-electron chi connectivity index (χ4n) is 2.00. The Morgan fingerprint density at radius 3 is 2.67 bits per heavy atom. The third kappa shape index (κ3) is 2.47. The first-order valence-electron chi connectivity index (χ1n) is 6.19. The summed E-state index contributed by atoms with van der Waals surface area (Å²) in [6, 6.07) is 7.20. The monoisotopic (exact) mass is 305 g/mol. The van der Waals surface area contributed by atoms with Crippen LogP contribution in [0.1, 0.15) is 38.2 Å². The molecule has 6 nitrogen and oxygen atoms in total. The van der Waals surface area contributed by atoms with E-state index in [-0.39, 0.29) is 23.0 Å². The number of thiazole rings is 1. The third-order valence-electron chi connectivity index (χ3n) is 2.95. The fourth-order valence-corrected chi connectivity index (χ4v) is 2.97. The Balaban J connectivity index is 1.94. The van der Waals surface area contributed by atoms with E-state index in [0.717, 1.165) is 11.3 Å². The number of hydrogen-bond donors (Lipinski definition) is 1. The molecular formula is C14H11NO5S. The standard InChI is InChI=1S/C14H11NO5S/c1-7(16)12-11(14(17)18)15-13(21-12)10-6-19-8-4-2-3-5-9(8)20-10/h2-5,10H,6H2,1H3,(H,17,18). The quantitative estimate of drug-likeness (QED) is 0.877. The lowest BCUT2D eigenvalue weighted by Crippen LogP contribution is -2.21. The zero-order valence-corrected chi connectivity index (χ0v) is 11.8. The van der Waals surface area contributed by atoms with E-state index in [0.29, 0.717) is 16.5 Å². The van der Waals surface area contributed by atoms with Crippen molar-refractivity contribution in [3.8, 4) is 11.5 Å². The van der Waals surface area contributed by atoms with Gasteiger partial charge in [0.15, 0.2) is 29.1 Å². The Morgan fingerprint density at radius 1 is 1.33 bits per heavy atom. The number of ether oxygens (including phenoxy) is 2. The number of Topliss-reactive ketones (excluding diaryl/α,β-unsaturated/α-hetero) is 1. The number of carboxylic acid groups (broad SMARTS) is 1. The molecule has 0 bridgehead atoms. The van der Waals surface area contributed by atoms with Crippen LogP contribution in [0.3, 0.4) is 0 Å². The van der Waals surface area contributed by atoms with Crippen molar-refractivity contribution in [3.63, 3.8) is 0 Å². The summed E-state index contributed by atoms with van der Waals surface area (Å²) >= 11 is 1.03. The van der Waals surface area contributed by atoms with Crippen molar-refractivity contribution in [2.24, 2.45) is 0 Å². The predicted octanol–water partition coefficient (Wildman–Crippen LogP) is 2.56. The number of rotatable bonds is 3. The van der Waals surface area contributed by atoms with E-state index in [1.807, 2.05) is 12.1 Å². The molecule has 0 fully saturated rings.